The molecule has 150 valence electrons. The Labute approximate surface area is 172 Å². The lowest BCUT2D eigenvalue weighted by Gasteiger charge is -2.28. The van der Waals surface area contributed by atoms with Gasteiger partial charge in [-0.1, -0.05) is 37.6 Å². The van der Waals surface area contributed by atoms with Crippen molar-refractivity contribution >= 4 is 17.9 Å². The summed E-state index contributed by atoms with van der Waals surface area (Å²) in [6.45, 7) is 2.29. The Balaban J connectivity index is 1.49. The zero-order valence-corrected chi connectivity index (χ0v) is 17.1. The number of hydrogen-bond acceptors (Lipinski definition) is 4. The van der Waals surface area contributed by atoms with Crippen LogP contribution in [0.1, 0.15) is 61.6 Å². The fraction of sp³-hybridized carbons (Fsp3) is 0.360. The van der Waals surface area contributed by atoms with E-state index in [1.54, 1.807) is 13.2 Å². The molecule has 4 rings (SSSR count). The molecule has 0 bridgehead atoms. The van der Waals surface area contributed by atoms with E-state index in [0.29, 0.717) is 17.5 Å². The molecule has 0 amide bonds. The minimum Gasteiger partial charge on any atom is -0.497 e. The van der Waals surface area contributed by atoms with Gasteiger partial charge < -0.3 is 9.47 Å². The minimum absolute atomic E-state index is 0.301. The molecule has 1 aliphatic carbocycles. The number of rotatable bonds is 5. The molecule has 0 spiro atoms. The number of ether oxygens (including phenoxy) is 2. The van der Waals surface area contributed by atoms with Crippen LogP contribution in [-0.2, 0) is 9.53 Å². The Hall–Kier alpha value is -2.88. The lowest BCUT2D eigenvalue weighted by atomic mass is 9.78. The molecule has 4 nitrogen and oxygen atoms in total. The molecule has 2 aromatic carbocycles. The monoisotopic (exact) mass is 389 g/mol. The van der Waals surface area contributed by atoms with Crippen molar-refractivity contribution in [3.63, 3.8) is 0 Å². The molecule has 2 aliphatic rings. The fourth-order valence-corrected chi connectivity index (χ4v) is 4.22. The Kier molecular flexibility index (Phi) is 5.79. The third kappa shape index (κ3) is 4.42. The third-order valence-corrected chi connectivity index (χ3v) is 6.07. The number of cyclic esters (lactones) is 1. The second kappa shape index (κ2) is 8.64. The predicted octanol–water partition coefficient (Wildman–Crippen LogP) is 5.72. The van der Waals surface area contributed by atoms with E-state index in [1.807, 2.05) is 36.4 Å². The van der Waals surface area contributed by atoms with Gasteiger partial charge in [0.15, 0.2) is 5.70 Å². The SMILES string of the molecule is CCC1CCC(c2ccc(C3=N/C(=C/c4cccc(OC)c4)C(=O)O3)cc2)CC1. The average Bonchev–Trinajstić information content (AvgIpc) is 3.14. The molecule has 4 heteroatoms. The third-order valence-electron chi connectivity index (χ3n) is 6.07. The van der Waals surface area contributed by atoms with E-state index in [2.05, 4.69) is 24.0 Å². The van der Waals surface area contributed by atoms with Crippen LogP contribution in [-0.4, -0.2) is 19.0 Å². The number of aliphatic imine (C=N–C) groups is 1. The molecule has 2 aromatic rings. The lowest BCUT2D eigenvalue weighted by molar-refractivity contribution is -0.129. The summed E-state index contributed by atoms with van der Waals surface area (Å²) in [6.07, 6.45) is 8.20. The zero-order chi connectivity index (χ0) is 20.2. The number of benzene rings is 2. The Bertz CT molecular complexity index is 935. The fourth-order valence-electron chi connectivity index (χ4n) is 4.22. The highest BCUT2D eigenvalue weighted by molar-refractivity contribution is 6.12. The highest BCUT2D eigenvalue weighted by Gasteiger charge is 2.25. The van der Waals surface area contributed by atoms with Crippen LogP contribution in [0.4, 0.5) is 0 Å². The summed E-state index contributed by atoms with van der Waals surface area (Å²) < 4.78 is 10.6. The van der Waals surface area contributed by atoms with Crippen LogP contribution in [0.5, 0.6) is 5.75 Å². The van der Waals surface area contributed by atoms with Gasteiger partial charge in [-0.25, -0.2) is 9.79 Å². The maximum atomic E-state index is 12.3. The number of carbonyl (C=O) groups excluding carboxylic acids is 1. The lowest BCUT2D eigenvalue weighted by Crippen LogP contribution is -2.13. The summed E-state index contributed by atoms with van der Waals surface area (Å²) in [7, 11) is 1.62. The van der Waals surface area contributed by atoms with Crippen molar-refractivity contribution in [2.24, 2.45) is 10.9 Å². The van der Waals surface area contributed by atoms with Crippen molar-refractivity contribution < 1.29 is 14.3 Å². The van der Waals surface area contributed by atoms with E-state index in [0.717, 1.165) is 22.8 Å². The number of carbonyl (C=O) groups is 1. The topological polar surface area (TPSA) is 47.9 Å². The molecule has 0 atom stereocenters. The smallest absolute Gasteiger partial charge is 0.363 e. The van der Waals surface area contributed by atoms with Crippen molar-refractivity contribution in [2.45, 2.75) is 44.9 Å². The van der Waals surface area contributed by atoms with Crippen molar-refractivity contribution in [3.05, 3.63) is 70.9 Å². The summed E-state index contributed by atoms with van der Waals surface area (Å²) in [6, 6.07) is 15.8. The summed E-state index contributed by atoms with van der Waals surface area (Å²) >= 11 is 0. The van der Waals surface area contributed by atoms with Gasteiger partial charge in [-0.3, -0.25) is 0 Å². The summed E-state index contributed by atoms with van der Waals surface area (Å²) in [5.74, 6) is 2.21. The van der Waals surface area contributed by atoms with Gasteiger partial charge in [0.05, 0.1) is 7.11 Å². The molecule has 0 N–H and O–H groups in total. The number of methoxy groups -OCH3 is 1. The van der Waals surface area contributed by atoms with Crippen LogP contribution < -0.4 is 4.74 Å². The largest absolute Gasteiger partial charge is 0.497 e. The molecule has 1 aliphatic heterocycles. The van der Waals surface area contributed by atoms with Crippen LogP contribution in [0.15, 0.2) is 59.2 Å². The second-order valence-electron chi connectivity index (χ2n) is 7.86. The molecule has 1 saturated carbocycles. The van der Waals surface area contributed by atoms with E-state index in [4.69, 9.17) is 9.47 Å². The Morgan fingerprint density at radius 1 is 1.10 bits per heavy atom. The van der Waals surface area contributed by atoms with E-state index >= 15 is 0 Å². The molecule has 1 heterocycles. The summed E-state index contributed by atoms with van der Waals surface area (Å²) in [5, 5.41) is 0. The molecule has 29 heavy (non-hydrogen) atoms. The molecule has 0 saturated heterocycles. The first-order valence-corrected chi connectivity index (χ1v) is 10.4. The Morgan fingerprint density at radius 3 is 2.55 bits per heavy atom. The molecule has 0 unspecified atom stereocenters. The first kappa shape index (κ1) is 19.4. The van der Waals surface area contributed by atoms with E-state index in [-0.39, 0.29) is 0 Å². The predicted molar refractivity (Wildman–Crippen MR) is 115 cm³/mol. The van der Waals surface area contributed by atoms with Gasteiger partial charge in [0, 0.05) is 5.56 Å². The summed E-state index contributed by atoms with van der Waals surface area (Å²) in [4.78, 5) is 16.7. The van der Waals surface area contributed by atoms with Gasteiger partial charge in [0.25, 0.3) is 0 Å². The number of nitrogens with zero attached hydrogens (tertiary/aromatic N) is 1. The highest BCUT2D eigenvalue weighted by Crippen LogP contribution is 2.37. The molecule has 1 fully saturated rings. The Morgan fingerprint density at radius 2 is 1.86 bits per heavy atom. The molecular weight excluding hydrogens is 362 g/mol. The van der Waals surface area contributed by atoms with Crippen LogP contribution in [0.25, 0.3) is 6.08 Å². The van der Waals surface area contributed by atoms with Gasteiger partial charge in [0.1, 0.15) is 5.75 Å². The molecular formula is C25H27NO3. The van der Waals surface area contributed by atoms with Crippen LogP contribution in [0, 0.1) is 5.92 Å². The van der Waals surface area contributed by atoms with Gasteiger partial charge in [0.2, 0.25) is 5.90 Å². The standard InChI is InChI=1S/C25H27NO3/c1-3-17-7-9-19(10-8-17)20-11-13-21(14-12-20)24-26-23(25(27)29-24)16-18-5-4-6-22(15-18)28-2/h4-6,11-17,19H,3,7-10H2,1-2H3/b23-16+. The zero-order valence-electron chi connectivity index (χ0n) is 17.1. The van der Waals surface area contributed by atoms with Gasteiger partial charge in [-0.15, -0.1) is 0 Å². The quantitative estimate of drug-likeness (QED) is 0.485. The van der Waals surface area contributed by atoms with Crippen molar-refractivity contribution in [3.8, 4) is 5.75 Å². The van der Waals surface area contributed by atoms with Crippen molar-refractivity contribution in [1.82, 2.24) is 0 Å². The second-order valence-corrected chi connectivity index (χ2v) is 7.86. The van der Waals surface area contributed by atoms with Crippen LogP contribution >= 0.6 is 0 Å². The van der Waals surface area contributed by atoms with E-state index < -0.39 is 5.97 Å². The van der Waals surface area contributed by atoms with E-state index in [1.165, 1.54) is 37.7 Å². The maximum absolute atomic E-state index is 12.3. The molecule has 0 radical (unpaired) electrons. The average molecular weight is 389 g/mol. The first-order valence-electron chi connectivity index (χ1n) is 10.4. The van der Waals surface area contributed by atoms with Gasteiger partial charge in [-0.2, -0.15) is 0 Å². The minimum atomic E-state index is -0.426. The van der Waals surface area contributed by atoms with Crippen LogP contribution in [0.2, 0.25) is 0 Å². The molecule has 0 aromatic heterocycles. The number of esters is 1. The van der Waals surface area contributed by atoms with Crippen molar-refractivity contribution in [1.29, 1.82) is 0 Å². The van der Waals surface area contributed by atoms with Gasteiger partial charge >= 0.3 is 5.97 Å². The summed E-state index contributed by atoms with van der Waals surface area (Å²) in [5.41, 5.74) is 3.35. The maximum Gasteiger partial charge on any atom is 0.363 e. The normalized spacial score (nSPS) is 23.0. The van der Waals surface area contributed by atoms with Crippen LogP contribution in [0.3, 0.4) is 0 Å². The van der Waals surface area contributed by atoms with E-state index in [9.17, 15) is 4.79 Å². The number of hydrogen-bond donors (Lipinski definition) is 0. The highest BCUT2D eigenvalue weighted by atomic mass is 16.6. The first-order chi connectivity index (χ1) is 14.2. The van der Waals surface area contributed by atoms with Gasteiger partial charge in [-0.05, 0) is 79.0 Å². The van der Waals surface area contributed by atoms with Crippen molar-refractivity contribution in [2.75, 3.05) is 7.11 Å².